The highest BCUT2D eigenvalue weighted by Gasteiger charge is 2.21. The quantitative estimate of drug-likeness (QED) is 0.529. The molecule has 0 spiro atoms. The molecule has 1 N–H and O–H groups in total. The zero-order valence-corrected chi connectivity index (χ0v) is 15.8. The van der Waals surface area contributed by atoms with Gasteiger partial charge in [0.05, 0.1) is 18.3 Å². The van der Waals surface area contributed by atoms with Gasteiger partial charge in [0.25, 0.3) is 0 Å². The van der Waals surface area contributed by atoms with E-state index in [0.717, 1.165) is 40.2 Å². The topological polar surface area (TPSA) is 37.9 Å². The van der Waals surface area contributed by atoms with Crippen LogP contribution in [-0.2, 0) is 18.6 Å². The molecule has 136 valence electrons. The molecule has 27 heavy (non-hydrogen) atoms. The van der Waals surface area contributed by atoms with Crippen LogP contribution in [0.5, 0.6) is 5.75 Å². The van der Waals surface area contributed by atoms with Gasteiger partial charge in [0.1, 0.15) is 0 Å². The number of hydrogen-bond acceptors (Lipinski definition) is 3. The normalized spacial score (nSPS) is 13.9. The van der Waals surface area contributed by atoms with Crippen molar-refractivity contribution >= 4 is 33.6 Å². The third kappa shape index (κ3) is 2.77. The Labute approximate surface area is 161 Å². The largest absolute Gasteiger partial charge is 0.494 e. The van der Waals surface area contributed by atoms with Crippen molar-refractivity contribution in [3.63, 3.8) is 0 Å². The van der Waals surface area contributed by atoms with Crippen molar-refractivity contribution in [2.24, 2.45) is 0 Å². The fourth-order valence-corrected chi connectivity index (χ4v) is 4.95. The summed E-state index contributed by atoms with van der Waals surface area (Å²) in [6, 6.07) is 13.5. The number of nitrogens with one attached hydrogen (secondary N) is 1. The summed E-state index contributed by atoms with van der Waals surface area (Å²) in [4.78, 5) is 8.57. The molecule has 0 saturated heterocycles. The molecule has 3 nitrogen and oxygen atoms in total. The molecule has 3 heterocycles. The lowest BCUT2D eigenvalue weighted by atomic mass is 10.0. The summed E-state index contributed by atoms with van der Waals surface area (Å²) in [6.07, 6.45) is 1.57. The first kappa shape index (κ1) is 16.6. The maximum Gasteiger partial charge on any atom is 0.165 e. The van der Waals surface area contributed by atoms with Gasteiger partial charge in [-0.25, -0.2) is 4.39 Å². The smallest absolute Gasteiger partial charge is 0.165 e. The Morgan fingerprint density at radius 3 is 2.96 bits per heavy atom. The minimum atomic E-state index is -0.336. The third-order valence-electron chi connectivity index (χ3n) is 5.23. The molecule has 0 aliphatic carbocycles. The van der Waals surface area contributed by atoms with E-state index < -0.39 is 0 Å². The van der Waals surface area contributed by atoms with Crippen molar-refractivity contribution in [3.05, 3.63) is 70.8 Å². The monoisotopic (exact) mass is 378 g/mol. The Morgan fingerprint density at radius 1 is 1.22 bits per heavy atom. The van der Waals surface area contributed by atoms with E-state index in [1.165, 1.54) is 29.1 Å². The van der Waals surface area contributed by atoms with Crippen LogP contribution in [0.15, 0.2) is 42.5 Å². The minimum Gasteiger partial charge on any atom is -0.494 e. The van der Waals surface area contributed by atoms with Gasteiger partial charge in [0, 0.05) is 34.2 Å². The zero-order chi connectivity index (χ0) is 18.4. The van der Waals surface area contributed by atoms with E-state index in [9.17, 15) is 4.39 Å². The van der Waals surface area contributed by atoms with Crippen LogP contribution in [0.4, 0.5) is 4.39 Å². The van der Waals surface area contributed by atoms with Gasteiger partial charge in [-0.2, -0.15) is 11.8 Å². The van der Waals surface area contributed by atoms with Crippen LogP contribution in [0.3, 0.4) is 0 Å². The Balaban J connectivity index is 1.71. The summed E-state index contributed by atoms with van der Waals surface area (Å²) in [5.74, 6) is 2.03. The van der Waals surface area contributed by atoms with Crippen molar-refractivity contribution in [3.8, 4) is 5.75 Å². The summed E-state index contributed by atoms with van der Waals surface area (Å²) >= 11 is 1.96. The second-order valence-electron chi connectivity index (χ2n) is 6.85. The number of ether oxygens (including phenoxy) is 1. The fourth-order valence-electron chi connectivity index (χ4n) is 3.95. The summed E-state index contributed by atoms with van der Waals surface area (Å²) in [5, 5.41) is 2.53. The summed E-state index contributed by atoms with van der Waals surface area (Å²) in [5.41, 5.74) is 6.62. The Bertz CT molecular complexity index is 1170. The lowest BCUT2D eigenvalue weighted by Gasteiger charge is -2.18. The molecule has 2 aromatic heterocycles. The third-order valence-corrected chi connectivity index (χ3v) is 6.22. The second kappa shape index (κ2) is 6.57. The maximum absolute atomic E-state index is 14.2. The molecule has 0 fully saturated rings. The molecule has 1 aliphatic rings. The molecule has 5 rings (SSSR count). The van der Waals surface area contributed by atoms with Crippen LogP contribution < -0.4 is 4.74 Å². The molecule has 2 aromatic carbocycles. The maximum atomic E-state index is 14.2. The molecule has 0 atom stereocenters. The molecule has 0 saturated carbocycles. The number of aromatic nitrogens is 2. The van der Waals surface area contributed by atoms with Crippen LogP contribution in [-0.4, -0.2) is 22.8 Å². The molecule has 5 heteroatoms. The highest BCUT2D eigenvalue weighted by molar-refractivity contribution is 7.98. The van der Waals surface area contributed by atoms with Gasteiger partial charge in [-0.15, -0.1) is 0 Å². The number of methoxy groups -OCH3 is 1. The van der Waals surface area contributed by atoms with E-state index in [2.05, 4.69) is 23.2 Å². The number of halogens is 1. The van der Waals surface area contributed by atoms with Crippen LogP contribution in [0.25, 0.3) is 21.8 Å². The molecule has 0 radical (unpaired) electrons. The van der Waals surface area contributed by atoms with Crippen LogP contribution in [0.2, 0.25) is 0 Å². The molecule has 0 unspecified atom stereocenters. The first-order valence-corrected chi connectivity index (χ1v) is 10.2. The summed E-state index contributed by atoms with van der Waals surface area (Å²) in [6.45, 7) is 0. The van der Waals surface area contributed by atoms with Crippen molar-refractivity contribution in [2.75, 3.05) is 12.9 Å². The van der Waals surface area contributed by atoms with Crippen LogP contribution >= 0.6 is 11.8 Å². The predicted molar refractivity (Wildman–Crippen MR) is 109 cm³/mol. The van der Waals surface area contributed by atoms with Crippen molar-refractivity contribution in [1.29, 1.82) is 0 Å². The molecule has 0 bridgehead atoms. The van der Waals surface area contributed by atoms with E-state index in [1.807, 2.05) is 23.9 Å². The first-order valence-electron chi connectivity index (χ1n) is 9.06. The number of aromatic amines is 1. The molecule has 0 amide bonds. The van der Waals surface area contributed by atoms with Crippen molar-refractivity contribution in [1.82, 2.24) is 9.97 Å². The van der Waals surface area contributed by atoms with Crippen LogP contribution in [0.1, 0.15) is 22.5 Å². The number of H-pyrrole nitrogens is 1. The van der Waals surface area contributed by atoms with Crippen molar-refractivity contribution in [2.45, 2.75) is 18.6 Å². The zero-order valence-electron chi connectivity index (χ0n) is 15.0. The summed E-state index contributed by atoms with van der Waals surface area (Å²) in [7, 11) is 1.48. The van der Waals surface area contributed by atoms with Gasteiger partial charge in [0.2, 0.25) is 0 Å². The van der Waals surface area contributed by atoms with Crippen molar-refractivity contribution < 1.29 is 9.13 Å². The Kier molecular flexibility index (Phi) is 4.05. The van der Waals surface area contributed by atoms with E-state index in [4.69, 9.17) is 9.72 Å². The van der Waals surface area contributed by atoms with E-state index in [1.54, 1.807) is 12.1 Å². The van der Waals surface area contributed by atoms with E-state index >= 15 is 0 Å². The minimum absolute atomic E-state index is 0.268. The van der Waals surface area contributed by atoms with Crippen LogP contribution in [0, 0.1) is 5.82 Å². The number of pyridine rings is 1. The van der Waals surface area contributed by atoms with Gasteiger partial charge in [0.15, 0.2) is 11.6 Å². The predicted octanol–water partition coefficient (Wildman–Crippen LogP) is 5.24. The molecule has 1 aliphatic heterocycles. The average molecular weight is 378 g/mol. The standard InChI is InChI=1S/C22H19FN2OS/c1-26-20-7-6-13(10-16(20)23)11-19-22-21(14-4-2-3-5-17(14)25-22)15-12-27-9-8-18(15)24-19/h2-7,10,25H,8-9,11-12H2,1H3. The summed E-state index contributed by atoms with van der Waals surface area (Å²) < 4.78 is 19.2. The van der Waals surface area contributed by atoms with Gasteiger partial charge in [-0.05, 0) is 41.5 Å². The highest BCUT2D eigenvalue weighted by Crippen LogP contribution is 2.37. The van der Waals surface area contributed by atoms with Gasteiger partial charge in [-0.1, -0.05) is 24.3 Å². The first-order chi connectivity index (χ1) is 13.2. The van der Waals surface area contributed by atoms with E-state index in [0.29, 0.717) is 6.42 Å². The number of rotatable bonds is 3. The Morgan fingerprint density at radius 2 is 2.11 bits per heavy atom. The van der Waals surface area contributed by atoms with Gasteiger partial charge >= 0.3 is 0 Å². The lowest BCUT2D eigenvalue weighted by Crippen LogP contribution is -2.09. The lowest BCUT2D eigenvalue weighted by molar-refractivity contribution is 0.386. The molecular formula is C22H19FN2OS. The number of fused-ring (bicyclic) bond motifs is 5. The number of aryl methyl sites for hydroxylation is 1. The highest BCUT2D eigenvalue weighted by atomic mass is 32.2. The number of para-hydroxylation sites is 1. The SMILES string of the molecule is COc1ccc(Cc2nc3c(c4c2[nH]c2ccccc24)CSCC3)cc1F. The molecular weight excluding hydrogens is 359 g/mol. The molecule has 4 aromatic rings. The van der Waals surface area contributed by atoms with Gasteiger partial charge in [-0.3, -0.25) is 4.98 Å². The number of benzene rings is 2. The number of thioether (sulfide) groups is 1. The van der Waals surface area contributed by atoms with Gasteiger partial charge < -0.3 is 9.72 Å². The fraction of sp³-hybridized carbons (Fsp3) is 0.227. The van der Waals surface area contributed by atoms with E-state index in [-0.39, 0.29) is 11.6 Å². The number of nitrogens with zero attached hydrogens (tertiary/aromatic N) is 1. The number of hydrogen-bond donors (Lipinski definition) is 1. The second-order valence-corrected chi connectivity index (χ2v) is 7.96. The average Bonchev–Trinajstić information content (AvgIpc) is 3.08. The Hall–Kier alpha value is -2.53.